The summed E-state index contributed by atoms with van der Waals surface area (Å²) in [6, 6.07) is 13.7. The van der Waals surface area contributed by atoms with Gasteiger partial charge in [-0.2, -0.15) is 0 Å². The van der Waals surface area contributed by atoms with Gasteiger partial charge in [-0.25, -0.2) is 4.79 Å². The zero-order chi connectivity index (χ0) is 19.1. The summed E-state index contributed by atoms with van der Waals surface area (Å²) in [6.45, 7) is 0.414. The van der Waals surface area contributed by atoms with Gasteiger partial charge in [-0.3, -0.25) is 9.59 Å². The third-order valence-corrected chi connectivity index (χ3v) is 4.09. The van der Waals surface area contributed by atoms with E-state index in [-0.39, 0.29) is 17.4 Å². The van der Waals surface area contributed by atoms with Gasteiger partial charge in [0.1, 0.15) is 0 Å². The zero-order valence-corrected chi connectivity index (χ0v) is 14.9. The largest absolute Gasteiger partial charge is 0.478 e. The highest BCUT2D eigenvalue weighted by molar-refractivity contribution is 5.94. The maximum atomic E-state index is 12.3. The number of carboxylic acid groups (broad SMARTS) is 1. The second kappa shape index (κ2) is 8.80. The Bertz CT molecular complexity index is 800. The normalized spacial score (nSPS) is 10.2. The van der Waals surface area contributed by atoms with Gasteiger partial charge < -0.3 is 15.3 Å². The van der Waals surface area contributed by atoms with Crippen LogP contribution in [0.1, 0.15) is 38.3 Å². The second-order valence-corrected chi connectivity index (χ2v) is 6.03. The summed E-state index contributed by atoms with van der Waals surface area (Å²) in [7, 11) is 3.30. The highest BCUT2D eigenvalue weighted by atomic mass is 16.4. The lowest BCUT2D eigenvalue weighted by Gasteiger charge is -2.17. The van der Waals surface area contributed by atoms with Crippen molar-refractivity contribution in [1.29, 1.82) is 0 Å². The number of nitrogens with zero attached hydrogens (tertiary/aromatic N) is 1. The number of hydrogen-bond donors (Lipinski definition) is 2. The summed E-state index contributed by atoms with van der Waals surface area (Å²) >= 11 is 0. The minimum Gasteiger partial charge on any atom is -0.478 e. The van der Waals surface area contributed by atoms with E-state index in [0.29, 0.717) is 24.9 Å². The van der Waals surface area contributed by atoms with Gasteiger partial charge in [0.15, 0.2) is 0 Å². The first kappa shape index (κ1) is 19.2. The first-order valence-corrected chi connectivity index (χ1v) is 8.28. The van der Waals surface area contributed by atoms with Gasteiger partial charge in [-0.15, -0.1) is 0 Å². The maximum Gasteiger partial charge on any atom is 0.335 e. The Labute approximate surface area is 152 Å². The van der Waals surface area contributed by atoms with E-state index in [1.807, 2.05) is 6.07 Å². The van der Waals surface area contributed by atoms with Crippen LogP contribution in [0.3, 0.4) is 0 Å². The molecule has 2 aromatic rings. The molecule has 0 saturated carbocycles. The maximum absolute atomic E-state index is 12.3. The number of benzene rings is 2. The third-order valence-electron chi connectivity index (χ3n) is 4.09. The molecule has 0 heterocycles. The molecule has 0 spiro atoms. The molecular weight excluding hydrogens is 332 g/mol. The molecular formula is C20H22N2O4. The average molecular weight is 354 g/mol. The summed E-state index contributed by atoms with van der Waals surface area (Å²) in [5, 5.41) is 11.5. The monoisotopic (exact) mass is 354 g/mol. The Morgan fingerprint density at radius 3 is 2.31 bits per heavy atom. The smallest absolute Gasteiger partial charge is 0.335 e. The van der Waals surface area contributed by atoms with E-state index < -0.39 is 5.97 Å². The standard InChI is InChI=1S/C20H22N2O4/c1-21-19(24)17-5-3-4-14(12-17)8-11-18(23)22(2)13-15-6-9-16(10-7-15)20(25)26/h3-7,9-10,12H,8,11,13H2,1-2H3,(H,21,24)(H,25,26). The third kappa shape index (κ3) is 5.17. The van der Waals surface area contributed by atoms with Crippen molar-refractivity contribution in [2.45, 2.75) is 19.4 Å². The molecule has 0 aliphatic heterocycles. The topological polar surface area (TPSA) is 86.7 Å². The lowest BCUT2D eigenvalue weighted by atomic mass is 10.1. The minimum absolute atomic E-state index is 0.0161. The number of amides is 2. The number of carbonyl (C=O) groups excluding carboxylic acids is 2. The van der Waals surface area contributed by atoms with Gasteiger partial charge >= 0.3 is 5.97 Å². The van der Waals surface area contributed by atoms with Crippen LogP contribution in [0.2, 0.25) is 0 Å². The first-order valence-electron chi connectivity index (χ1n) is 8.28. The van der Waals surface area contributed by atoms with Gasteiger partial charge in [0.2, 0.25) is 5.91 Å². The lowest BCUT2D eigenvalue weighted by Crippen LogP contribution is -2.26. The quantitative estimate of drug-likeness (QED) is 0.799. The van der Waals surface area contributed by atoms with Gasteiger partial charge in [0, 0.05) is 32.6 Å². The Balaban J connectivity index is 1.91. The fourth-order valence-corrected chi connectivity index (χ4v) is 2.57. The molecule has 0 unspecified atom stereocenters. The predicted molar refractivity (Wildman–Crippen MR) is 98.0 cm³/mol. The molecule has 0 atom stereocenters. The Morgan fingerprint density at radius 1 is 1.00 bits per heavy atom. The van der Waals surface area contributed by atoms with Crippen LogP contribution in [0.25, 0.3) is 0 Å². The van der Waals surface area contributed by atoms with Crippen molar-refractivity contribution in [3.63, 3.8) is 0 Å². The van der Waals surface area contributed by atoms with Crippen molar-refractivity contribution in [1.82, 2.24) is 10.2 Å². The van der Waals surface area contributed by atoms with Crippen LogP contribution in [0, 0.1) is 0 Å². The van der Waals surface area contributed by atoms with Crippen molar-refractivity contribution >= 4 is 17.8 Å². The molecule has 0 aromatic heterocycles. The zero-order valence-electron chi connectivity index (χ0n) is 14.9. The fraction of sp³-hybridized carbons (Fsp3) is 0.250. The van der Waals surface area contributed by atoms with Crippen LogP contribution in [0.15, 0.2) is 48.5 Å². The average Bonchev–Trinajstić information content (AvgIpc) is 2.66. The van der Waals surface area contributed by atoms with Crippen LogP contribution >= 0.6 is 0 Å². The van der Waals surface area contributed by atoms with E-state index in [1.54, 1.807) is 49.3 Å². The van der Waals surface area contributed by atoms with E-state index in [2.05, 4.69) is 5.32 Å². The SMILES string of the molecule is CNC(=O)c1cccc(CCC(=O)N(C)Cc2ccc(C(=O)O)cc2)c1. The molecule has 2 rings (SSSR count). The van der Waals surface area contributed by atoms with Crippen molar-refractivity contribution < 1.29 is 19.5 Å². The number of nitrogens with one attached hydrogen (secondary N) is 1. The molecule has 0 fully saturated rings. The molecule has 0 aliphatic rings. The molecule has 26 heavy (non-hydrogen) atoms. The molecule has 0 saturated heterocycles. The number of rotatable bonds is 7. The van der Waals surface area contributed by atoms with Crippen LogP contribution in [-0.4, -0.2) is 41.9 Å². The fourth-order valence-electron chi connectivity index (χ4n) is 2.57. The van der Waals surface area contributed by atoms with Crippen LogP contribution in [0.4, 0.5) is 0 Å². The number of aryl methyl sites for hydroxylation is 1. The second-order valence-electron chi connectivity index (χ2n) is 6.03. The Kier molecular flexibility index (Phi) is 6.49. The van der Waals surface area contributed by atoms with Crippen molar-refractivity contribution in [3.05, 3.63) is 70.8 Å². The number of aromatic carboxylic acids is 1. The highest BCUT2D eigenvalue weighted by Gasteiger charge is 2.11. The lowest BCUT2D eigenvalue weighted by molar-refractivity contribution is -0.130. The van der Waals surface area contributed by atoms with E-state index in [9.17, 15) is 14.4 Å². The summed E-state index contributed by atoms with van der Waals surface area (Å²) < 4.78 is 0. The molecule has 0 bridgehead atoms. The van der Waals surface area contributed by atoms with Gasteiger partial charge in [-0.05, 0) is 41.8 Å². The van der Waals surface area contributed by atoms with E-state index >= 15 is 0 Å². The molecule has 0 aliphatic carbocycles. The Morgan fingerprint density at radius 2 is 1.69 bits per heavy atom. The van der Waals surface area contributed by atoms with Gasteiger partial charge in [-0.1, -0.05) is 24.3 Å². The molecule has 6 heteroatoms. The van der Waals surface area contributed by atoms with Crippen LogP contribution in [-0.2, 0) is 17.8 Å². The molecule has 2 aromatic carbocycles. The summed E-state index contributed by atoms with van der Waals surface area (Å²) in [6.07, 6.45) is 0.882. The van der Waals surface area contributed by atoms with Crippen molar-refractivity contribution in [2.24, 2.45) is 0 Å². The first-order chi connectivity index (χ1) is 12.4. The summed E-state index contributed by atoms with van der Waals surface area (Å²) in [5.74, 6) is -1.14. The van der Waals surface area contributed by atoms with Crippen LogP contribution in [0.5, 0.6) is 0 Å². The van der Waals surface area contributed by atoms with Crippen molar-refractivity contribution in [2.75, 3.05) is 14.1 Å². The van der Waals surface area contributed by atoms with Crippen LogP contribution < -0.4 is 5.32 Å². The molecule has 2 N–H and O–H groups in total. The number of carboxylic acids is 1. The van der Waals surface area contributed by atoms with Gasteiger partial charge in [0.05, 0.1) is 5.56 Å². The molecule has 6 nitrogen and oxygen atoms in total. The highest BCUT2D eigenvalue weighted by Crippen LogP contribution is 2.11. The van der Waals surface area contributed by atoms with E-state index in [1.165, 1.54) is 12.1 Å². The summed E-state index contributed by atoms with van der Waals surface area (Å²) in [5.41, 5.74) is 2.59. The number of carbonyl (C=O) groups is 3. The molecule has 2 amide bonds. The minimum atomic E-state index is -0.972. The Hall–Kier alpha value is -3.15. The van der Waals surface area contributed by atoms with E-state index in [4.69, 9.17) is 5.11 Å². The van der Waals surface area contributed by atoms with Gasteiger partial charge in [0.25, 0.3) is 5.91 Å². The number of hydrogen-bond acceptors (Lipinski definition) is 3. The molecule has 0 radical (unpaired) electrons. The van der Waals surface area contributed by atoms with Crippen molar-refractivity contribution in [3.8, 4) is 0 Å². The molecule has 136 valence electrons. The van der Waals surface area contributed by atoms with E-state index in [0.717, 1.165) is 11.1 Å². The summed E-state index contributed by atoms with van der Waals surface area (Å²) in [4.78, 5) is 36.4. The predicted octanol–water partition coefficient (Wildman–Crippen LogP) is 2.34.